The van der Waals surface area contributed by atoms with Crippen LogP contribution in [0, 0.1) is 17.2 Å². The number of nitrogens with zero attached hydrogens (tertiary/aromatic N) is 3. The number of carbonyl (C=O) groups is 2. The van der Waals surface area contributed by atoms with E-state index in [9.17, 15) is 14.9 Å². The van der Waals surface area contributed by atoms with Crippen molar-refractivity contribution in [3.63, 3.8) is 0 Å². The molecule has 0 radical (unpaired) electrons. The van der Waals surface area contributed by atoms with Gasteiger partial charge in [0.05, 0.1) is 12.7 Å². The number of ketones is 1. The topological polar surface area (TPSA) is 105 Å². The molecule has 0 spiro atoms. The molecule has 1 N–H and O–H groups in total. The number of carbonyl (C=O) groups excluding carboxylic acids is 2. The summed E-state index contributed by atoms with van der Waals surface area (Å²) in [7, 11) is 0. The summed E-state index contributed by atoms with van der Waals surface area (Å²) in [5.41, 5.74) is 0.0474. The lowest BCUT2D eigenvalue weighted by Crippen LogP contribution is -2.29. The number of anilines is 1. The summed E-state index contributed by atoms with van der Waals surface area (Å²) < 4.78 is 5.18. The fourth-order valence-electron chi connectivity index (χ4n) is 1.84. The van der Waals surface area contributed by atoms with Gasteiger partial charge in [-0.1, -0.05) is 17.7 Å². The number of pyridine rings is 2. The SMILES string of the molecule is CCOc1ncc(C(=O)C(C#N)C(=O)Nc2ccccn2)cc1Cl. The second kappa shape index (κ2) is 8.04. The Kier molecular flexibility index (Phi) is 5.82. The van der Waals surface area contributed by atoms with Crippen LogP contribution < -0.4 is 10.1 Å². The number of nitrogens with one attached hydrogen (secondary N) is 1. The van der Waals surface area contributed by atoms with Crippen LogP contribution in [0.4, 0.5) is 5.82 Å². The summed E-state index contributed by atoms with van der Waals surface area (Å²) in [4.78, 5) is 32.4. The Labute approximate surface area is 143 Å². The number of ether oxygens (including phenoxy) is 1. The number of hydrogen-bond acceptors (Lipinski definition) is 6. The summed E-state index contributed by atoms with van der Waals surface area (Å²) >= 11 is 5.98. The highest BCUT2D eigenvalue weighted by Crippen LogP contribution is 2.23. The summed E-state index contributed by atoms with van der Waals surface area (Å²) in [6.45, 7) is 2.14. The Morgan fingerprint density at radius 2 is 2.21 bits per heavy atom. The molecular weight excluding hydrogens is 332 g/mol. The highest BCUT2D eigenvalue weighted by Gasteiger charge is 2.28. The normalized spacial score (nSPS) is 11.2. The van der Waals surface area contributed by atoms with Crippen molar-refractivity contribution >= 4 is 29.1 Å². The molecule has 2 heterocycles. The van der Waals surface area contributed by atoms with Crippen molar-refractivity contribution in [2.75, 3.05) is 11.9 Å². The number of halogens is 1. The lowest BCUT2D eigenvalue weighted by molar-refractivity contribution is -0.117. The Balaban J connectivity index is 2.18. The lowest BCUT2D eigenvalue weighted by atomic mass is 9.99. The molecule has 0 bridgehead atoms. The quantitative estimate of drug-likeness (QED) is 0.637. The predicted molar refractivity (Wildman–Crippen MR) is 86.7 cm³/mol. The average Bonchev–Trinajstić information content (AvgIpc) is 2.58. The van der Waals surface area contributed by atoms with E-state index in [0.717, 1.165) is 0 Å². The van der Waals surface area contributed by atoms with Gasteiger partial charge < -0.3 is 10.1 Å². The van der Waals surface area contributed by atoms with E-state index in [1.807, 2.05) is 0 Å². The predicted octanol–water partition coefficient (Wildman–Crippen LogP) is 2.49. The summed E-state index contributed by atoms with van der Waals surface area (Å²) in [5.74, 6) is -2.59. The molecule has 0 saturated carbocycles. The molecular formula is C16H13ClN4O3. The number of rotatable bonds is 6. The maximum atomic E-state index is 12.4. The molecule has 2 rings (SSSR count). The molecule has 1 atom stereocenters. The third-order valence-electron chi connectivity index (χ3n) is 2.94. The van der Waals surface area contributed by atoms with Gasteiger partial charge in [0.1, 0.15) is 10.8 Å². The summed E-state index contributed by atoms with van der Waals surface area (Å²) in [5, 5.41) is 11.7. The van der Waals surface area contributed by atoms with Crippen LogP contribution in [-0.2, 0) is 4.79 Å². The van der Waals surface area contributed by atoms with Crippen molar-refractivity contribution < 1.29 is 14.3 Å². The molecule has 24 heavy (non-hydrogen) atoms. The fraction of sp³-hybridized carbons (Fsp3) is 0.188. The Hall–Kier alpha value is -2.98. The third-order valence-corrected chi connectivity index (χ3v) is 3.21. The first kappa shape index (κ1) is 17.4. The molecule has 0 aliphatic rings. The highest BCUT2D eigenvalue weighted by molar-refractivity contribution is 6.32. The van der Waals surface area contributed by atoms with Gasteiger partial charge in [0.25, 0.3) is 5.91 Å². The number of Topliss-reactive ketones (excluding diaryl/α,β-unsaturated/α-hetero) is 1. The number of amides is 1. The molecule has 2 aromatic rings. The Bertz CT molecular complexity index is 790. The summed E-state index contributed by atoms with van der Waals surface area (Å²) in [6, 6.07) is 7.90. The number of nitriles is 1. The van der Waals surface area contributed by atoms with Crippen LogP contribution in [0.15, 0.2) is 36.7 Å². The van der Waals surface area contributed by atoms with Crippen LogP contribution in [0.25, 0.3) is 0 Å². The van der Waals surface area contributed by atoms with Crippen LogP contribution >= 0.6 is 11.6 Å². The molecule has 1 unspecified atom stereocenters. The minimum atomic E-state index is -1.54. The van der Waals surface area contributed by atoms with Crippen molar-refractivity contribution in [2.45, 2.75) is 6.92 Å². The van der Waals surface area contributed by atoms with E-state index in [4.69, 9.17) is 16.3 Å². The minimum Gasteiger partial charge on any atom is -0.477 e. The molecule has 2 aromatic heterocycles. The maximum absolute atomic E-state index is 12.4. The fourth-order valence-corrected chi connectivity index (χ4v) is 2.06. The van der Waals surface area contributed by atoms with Gasteiger partial charge in [0, 0.05) is 18.0 Å². The molecule has 1 amide bonds. The van der Waals surface area contributed by atoms with E-state index in [0.29, 0.717) is 6.61 Å². The van der Waals surface area contributed by atoms with Gasteiger partial charge in [-0.05, 0) is 25.1 Å². The van der Waals surface area contributed by atoms with Gasteiger partial charge in [-0.25, -0.2) is 9.97 Å². The van der Waals surface area contributed by atoms with E-state index in [-0.39, 0.29) is 22.3 Å². The van der Waals surface area contributed by atoms with Gasteiger partial charge in [0.15, 0.2) is 11.7 Å². The molecule has 0 aliphatic carbocycles. The first-order valence-corrected chi connectivity index (χ1v) is 7.38. The van der Waals surface area contributed by atoms with Crippen LogP contribution in [0.5, 0.6) is 5.88 Å². The van der Waals surface area contributed by atoms with Crippen molar-refractivity contribution in [3.8, 4) is 11.9 Å². The molecule has 122 valence electrons. The van der Waals surface area contributed by atoms with Crippen molar-refractivity contribution in [2.24, 2.45) is 5.92 Å². The second-order valence-corrected chi connectivity index (χ2v) is 4.98. The van der Waals surface area contributed by atoms with E-state index in [1.165, 1.54) is 18.5 Å². The molecule has 0 aliphatic heterocycles. The maximum Gasteiger partial charge on any atom is 0.250 e. The van der Waals surface area contributed by atoms with Gasteiger partial charge in [-0.2, -0.15) is 5.26 Å². The van der Waals surface area contributed by atoms with Gasteiger partial charge >= 0.3 is 0 Å². The van der Waals surface area contributed by atoms with E-state index in [2.05, 4.69) is 15.3 Å². The zero-order chi connectivity index (χ0) is 17.5. The van der Waals surface area contributed by atoms with Gasteiger partial charge in [0.2, 0.25) is 5.88 Å². The van der Waals surface area contributed by atoms with Crippen LogP contribution in [0.1, 0.15) is 17.3 Å². The van der Waals surface area contributed by atoms with Crippen LogP contribution in [-0.4, -0.2) is 28.3 Å². The van der Waals surface area contributed by atoms with Crippen molar-refractivity contribution in [3.05, 3.63) is 47.2 Å². The first-order chi connectivity index (χ1) is 11.6. The van der Waals surface area contributed by atoms with Gasteiger partial charge in [-0.15, -0.1) is 0 Å². The molecule has 0 saturated heterocycles. The first-order valence-electron chi connectivity index (χ1n) is 7.01. The average molecular weight is 345 g/mol. The molecule has 8 heteroatoms. The molecule has 7 nitrogen and oxygen atoms in total. The van der Waals surface area contributed by atoms with E-state index in [1.54, 1.807) is 31.2 Å². The summed E-state index contributed by atoms with van der Waals surface area (Å²) in [6.07, 6.45) is 2.70. The standard InChI is InChI=1S/C16H13ClN4O3/c1-2-24-16-12(17)7-10(9-20-16)14(22)11(8-18)15(23)21-13-5-3-4-6-19-13/h3-7,9,11H,2H2,1H3,(H,19,21,23). The van der Waals surface area contributed by atoms with E-state index >= 15 is 0 Å². The monoisotopic (exact) mass is 344 g/mol. The highest BCUT2D eigenvalue weighted by atomic mass is 35.5. The number of hydrogen-bond donors (Lipinski definition) is 1. The Morgan fingerprint density at radius 1 is 1.42 bits per heavy atom. The lowest BCUT2D eigenvalue weighted by Gasteiger charge is -2.10. The van der Waals surface area contributed by atoms with Gasteiger partial charge in [-0.3, -0.25) is 9.59 Å². The van der Waals surface area contributed by atoms with Crippen molar-refractivity contribution in [1.82, 2.24) is 9.97 Å². The smallest absolute Gasteiger partial charge is 0.250 e. The minimum absolute atomic E-state index is 0.0474. The Morgan fingerprint density at radius 3 is 2.79 bits per heavy atom. The van der Waals surface area contributed by atoms with Crippen LogP contribution in [0.2, 0.25) is 5.02 Å². The largest absolute Gasteiger partial charge is 0.477 e. The van der Waals surface area contributed by atoms with Crippen LogP contribution in [0.3, 0.4) is 0 Å². The van der Waals surface area contributed by atoms with E-state index < -0.39 is 17.6 Å². The zero-order valence-corrected chi connectivity index (χ0v) is 13.4. The number of aromatic nitrogens is 2. The second-order valence-electron chi connectivity index (χ2n) is 4.57. The van der Waals surface area contributed by atoms with Crippen molar-refractivity contribution in [1.29, 1.82) is 5.26 Å². The zero-order valence-electron chi connectivity index (χ0n) is 12.7. The molecule has 0 fully saturated rings. The third kappa shape index (κ3) is 4.06. The molecule has 0 aromatic carbocycles.